The van der Waals surface area contributed by atoms with E-state index in [1.165, 1.54) is 11.1 Å². The first kappa shape index (κ1) is 34.1. The van der Waals surface area contributed by atoms with Crippen molar-refractivity contribution in [1.29, 1.82) is 0 Å². The summed E-state index contributed by atoms with van der Waals surface area (Å²) in [5, 5.41) is 0. The summed E-state index contributed by atoms with van der Waals surface area (Å²) >= 11 is 5.56. The van der Waals surface area contributed by atoms with Crippen LogP contribution in [0.5, 0.6) is 5.75 Å². The third kappa shape index (κ3) is 12.8. The van der Waals surface area contributed by atoms with Crippen LogP contribution in [0.25, 0.3) is 0 Å². The molecule has 1 aliphatic carbocycles. The second-order valence-electron chi connectivity index (χ2n) is 7.61. The van der Waals surface area contributed by atoms with Crippen molar-refractivity contribution < 1.29 is 63.4 Å². The van der Waals surface area contributed by atoms with E-state index >= 15 is 0 Å². The van der Waals surface area contributed by atoms with Gasteiger partial charge in [-0.15, -0.1) is 11.3 Å². The Balaban J connectivity index is -0.000000234. The Labute approximate surface area is 200 Å². The summed E-state index contributed by atoms with van der Waals surface area (Å²) in [7, 11) is -1.60. The molecule has 0 saturated carbocycles. The number of hydrogen-bond donors (Lipinski definition) is 0. The van der Waals surface area contributed by atoms with E-state index in [9.17, 15) is 0 Å². The van der Waals surface area contributed by atoms with Gasteiger partial charge in [0.1, 0.15) is 0 Å². The Morgan fingerprint density at radius 3 is 1.92 bits per heavy atom. The summed E-state index contributed by atoms with van der Waals surface area (Å²) in [6, 6.07) is 4.25. The molecule has 0 aliphatic heterocycles. The van der Waals surface area contributed by atoms with Gasteiger partial charge in [-0.1, -0.05) is 32.4 Å². The fraction of sp³-hybridized carbons (Fsp3) is 0.474. The first-order chi connectivity index (χ1) is 10.0. The SMILES string of the molecule is Cc1cc(O[Si](C)(C)C)c([S-])c(C(C)(C)C)c1.[C-]1=CC=CC1.[Cl-].[Cl-].[Cl-].[Ti+3]. The average molecular weight is 487 g/mol. The fourth-order valence-corrected chi connectivity index (χ4v) is 3.40. The van der Waals surface area contributed by atoms with E-state index in [0.29, 0.717) is 0 Å². The molecule has 26 heavy (non-hydrogen) atoms. The van der Waals surface area contributed by atoms with Crippen molar-refractivity contribution in [3.8, 4) is 5.75 Å². The van der Waals surface area contributed by atoms with Crippen LogP contribution in [0.4, 0.5) is 0 Å². The Hall–Kier alpha value is 0.521. The van der Waals surface area contributed by atoms with Crippen LogP contribution in [-0.4, -0.2) is 8.32 Å². The second-order valence-corrected chi connectivity index (χ2v) is 12.4. The quantitative estimate of drug-likeness (QED) is 0.247. The van der Waals surface area contributed by atoms with Crippen LogP contribution in [0, 0.1) is 13.0 Å². The van der Waals surface area contributed by atoms with Gasteiger partial charge in [0.25, 0.3) is 0 Å². The number of hydrogen-bond acceptors (Lipinski definition) is 2. The normalized spacial score (nSPS) is 11.7. The van der Waals surface area contributed by atoms with E-state index in [2.05, 4.69) is 71.6 Å². The van der Waals surface area contributed by atoms with Gasteiger partial charge in [-0.25, -0.2) is 12.2 Å². The third-order valence-corrected chi connectivity index (χ3v) is 4.26. The van der Waals surface area contributed by atoms with Crippen molar-refractivity contribution in [3.63, 3.8) is 0 Å². The predicted octanol–water partition coefficient (Wildman–Crippen LogP) is -3.27. The van der Waals surface area contributed by atoms with Gasteiger partial charge in [0.05, 0.1) is 5.75 Å². The van der Waals surface area contributed by atoms with Crippen molar-refractivity contribution in [2.45, 2.75) is 64.1 Å². The molecule has 1 aromatic rings. The zero-order valence-electron chi connectivity index (χ0n) is 16.5. The maximum atomic E-state index is 6.08. The van der Waals surface area contributed by atoms with Gasteiger partial charge in [-0.05, 0) is 43.6 Å². The average Bonchev–Trinajstić information content (AvgIpc) is 2.88. The molecule has 0 heterocycles. The second kappa shape index (κ2) is 14.5. The first-order valence-electron chi connectivity index (χ1n) is 7.73. The van der Waals surface area contributed by atoms with Crippen molar-refractivity contribution in [3.05, 3.63) is 47.6 Å². The molecule has 0 spiro atoms. The summed E-state index contributed by atoms with van der Waals surface area (Å²) in [4.78, 5) is 0.880. The molecule has 147 valence electrons. The summed E-state index contributed by atoms with van der Waals surface area (Å²) in [6.07, 6.45) is 10.0. The van der Waals surface area contributed by atoms with Crippen molar-refractivity contribution in [2.75, 3.05) is 0 Å². The van der Waals surface area contributed by atoms with E-state index < -0.39 is 8.32 Å². The van der Waals surface area contributed by atoms with Crippen molar-refractivity contribution in [1.82, 2.24) is 0 Å². The molecule has 0 aromatic heterocycles. The van der Waals surface area contributed by atoms with Crippen LogP contribution in [0.2, 0.25) is 19.6 Å². The smallest absolute Gasteiger partial charge is 1.00 e. The molecule has 0 bridgehead atoms. The van der Waals surface area contributed by atoms with Crippen molar-refractivity contribution >= 4 is 20.9 Å². The number of rotatable bonds is 2. The minimum Gasteiger partial charge on any atom is -1.00 e. The minimum atomic E-state index is -1.60. The molecule has 1 radical (unpaired) electrons. The predicted molar refractivity (Wildman–Crippen MR) is 101 cm³/mol. The Bertz CT molecular complexity index is 569. The van der Waals surface area contributed by atoms with Gasteiger partial charge >= 0.3 is 21.7 Å². The van der Waals surface area contributed by atoms with Gasteiger partial charge in [0, 0.05) is 0 Å². The number of allylic oxidation sites excluding steroid dienone is 4. The molecule has 0 unspecified atom stereocenters. The Morgan fingerprint density at radius 2 is 1.62 bits per heavy atom. The minimum absolute atomic E-state index is 0. The monoisotopic (exact) mass is 485 g/mol. The molecule has 1 aliphatic rings. The molecule has 0 amide bonds. The molecular formula is C19H28Cl3OSSiTi-2. The van der Waals surface area contributed by atoms with E-state index in [-0.39, 0.29) is 64.4 Å². The van der Waals surface area contributed by atoms with Crippen LogP contribution in [0.1, 0.15) is 38.3 Å². The van der Waals surface area contributed by atoms with Crippen LogP contribution < -0.4 is 41.6 Å². The van der Waals surface area contributed by atoms with Gasteiger partial charge < -0.3 is 54.3 Å². The molecule has 1 nitrogen and oxygen atoms in total. The Kier molecular flexibility index (Phi) is 19.0. The third-order valence-electron chi connectivity index (χ3n) is 3.01. The molecule has 0 fully saturated rings. The standard InChI is InChI=1S/C14H24OSSi.C5H5.3ClH.Ti/c1-10-8-11(14(2,3)4)13(16)12(9-10)15-17(5,6)7;1-2-4-5-3-1;;;;/h8-9,16H,1-7H3;1-3H,4H2;3*1H;/q;-1;;;;+3/p-4. The topological polar surface area (TPSA) is 9.23 Å². The first-order valence-corrected chi connectivity index (χ1v) is 11.6. The van der Waals surface area contributed by atoms with E-state index in [1.807, 2.05) is 12.2 Å². The zero-order chi connectivity index (χ0) is 17.0. The van der Waals surface area contributed by atoms with Gasteiger partial charge in [-0.3, -0.25) is 6.08 Å². The zero-order valence-corrected chi connectivity index (χ0v) is 22.2. The molecule has 0 atom stereocenters. The van der Waals surface area contributed by atoms with Crippen molar-refractivity contribution in [2.24, 2.45) is 0 Å². The van der Waals surface area contributed by atoms with Gasteiger partial charge in [0.2, 0.25) is 8.32 Å². The van der Waals surface area contributed by atoms with E-state index in [1.54, 1.807) is 0 Å². The van der Waals surface area contributed by atoms with Crippen LogP contribution in [-0.2, 0) is 39.8 Å². The summed E-state index contributed by atoms with van der Waals surface area (Å²) in [6.45, 7) is 15.2. The number of aryl methyl sites for hydroxylation is 1. The summed E-state index contributed by atoms with van der Waals surface area (Å²) in [5.41, 5.74) is 2.50. The number of benzene rings is 1. The van der Waals surface area contributed by atoms with Crippen LogP contribution >= 0.6 is 0 Å². The molecule has 2 rings (SSSR count). The van der Waals surface area contributed by atoms with Gasteiger partial charge in [0.15, 0.2) is 0 Å². The number of halogens is 3. The van der Waals surface area contributed by atoms with Crippen LogP contribution in [0.15, 0.2) is 35.3 Å². The molecular weight excluding hydrogens is 459 g/mol. The van der Waals surface area contributed by atoms with E-state index in [0.717, 1.165) is 17.1 Å². The summed E-state index contributed by atoms with van der Waals surface area (Å²) in [5.74, 6) is 0.893. The molecule has 1 aromatic carbocycles. The maximum Gasteiger partial charge on any atom is 3.00 e. The summed E-state index contributed by atoms with van der Waals surface area (Å²) < 4.78 is 6.08. The Morgan fingerprint density at radius 1 is 1.08 bits per heavy atom. The molecule has 7 heteroatoms. The molecule has 0 N–H and O–H groups in total. The fourth-order valence-electron chi connectivity index (χ4n) is 2.04. The van der Waals surface area contributed by atoms with Crippen LogP contribution in [0.3, 0.4) is 0 Å². The maximum absolute atomic E-state index is 6.08. The van der Waals surface area contributed by atoms with Gasteiger partial charge in [-0.2, -0.15) is 6.08 Å². The largest absolute Gasteiger partial charge is 3.00 e. The molecule has 0 saturated heterocycles. The van der Waals surface area contributed by atoms with E-state index in [4.69, 9.17) is 17.1 Å².